The van der Waals surface area contributed by atoms with E-state index in [1.807, 2.05) is 0 Å². The van der Waals surface area contributed by atoms with E-state index in [0.29, 0.717) is 38.3 Å². The van der Waals surface area contributed by atoms with Gasteiger partial charge in [-0.25, -0.2) is 0 Å². The van der Waals surface area contributed by atoms with E-state index < -0.39 is 12.1 Å². The van der Waals surface area contributed by atoms with Crippen molar-refractivity contribution in [1.82, 2.24) is 15.5 Å². The number of nitrogens with one attached hydrogen (secondary N) is 2. The van der Waals surface area contributed by atoms with E-state index in [4.69, 9.17) is 0 Å². The van der Waals surface area contributed by atoms with Crippen LogP contribution in [0.3, 0.4) is 0 Å². The van der Waals surface area contributed by atoms with Crippen LogP contribution in [0.5, 0.6) is 0 Å². The molecule has 3 amide bonds. The molecule has 6 rings (SSSR count). The van der Waals surface area contributed by atoms with Gasteiger partial charge >= 0.3 is 0 Å². The van der Waals surface area contributed by atoms with Gasteiger partial charge in [0.2, 0.25) is 17.7 Å². The van der Waals surface area contributed by atoms with Gasteiger partial charge in [0.1, 0.15) is 12.1 Å². The summed E-state index contributed by atoms with van der Waals surface area (Å²) >= 11 is 0. The zero-order valence-corrected chi connectivity index (χ0v) is 17.2. The summed E-state index contributed by atoms with van der Waals surface area (Å²) in [5, 5.41) is 15.2. The first-order chi connectivity index (χ1) is 13.7. The maximum Gasteiger partial charge on any atom is 0.244 e. The highest BCUT2D eigenvalue weighted by Crippen LogP contribution is 2.68. The first-order valence-corrected chi connectivity index (χ1v) is 11.0. The molecule has 4 saturated carbocycles. The second-order valence-corrected chi connectivity index (χ2v) is 10.8. The van der Waals surface area contributed by atoms with Crippen molar-refractivity contribution in [2.75, 3.05) is 13.1 Å². The number of rotatable bonds is 6. The van der Waals surface area contributed by atoms with Crippen molar-refractivity contribution in [1.29, 1.82) is 5.26 Å². The van der Waals surface area contributed by atoms with Crippen LogP contribution in [0, 0.1) is 45.8 Å². The molecule has 2 aliphatic heterocycles. The van der Waals surface area contributed by atoms with Crippen LogP contribution in [0.15, 0.2) is 0 Å². The molecule has 0 spiro atoms. The zero-order valence-electron chi connectivity index (χ0n) is 17.2. The van der Waals surface area contributed by atoms with Gasteiger partial charge in [-0.1, -0.05) is 13.8 Å². The van der Waals surface area contributed by atoms with E-state index in [1.54, 1.807) is 4.90 Å². The fourth-order valence-electron chi connectivity index (χ4n) is 6.70. The first-order valence-electron chi connectivity index (χ1n) is 11.0. The van der Waals surface area contributed by atoms with Crippen LogP contribution in [-0.4, -0.2) is 47.8 Å². The van der Waals surface area contributed by atoms with Crippen molar-refractivity contribution in [3.63, 3.8) is 0 Å². The molecular formula is C22H30N4O3. The topological polar surface area (TPSA) is 102 Å². The molecule has 5 atom stereocenters. The number of likely N-dealkylation sites (tertiary alicyclic amines) is 1. The number of hydrogen-bond donors (Lipinski definition) is 2. The van der Waals surface area contributed by atoms with Crippen molar-refractivity contribution in [3.05, 3.63) is 0 Å². The van der Waals surface area contributed by atoms with Gasteiger partial charge in [-0.05, 0) is 60.7 Å². The standard InChI is InChI=1S/C22H30N4O3/c1-21(2)15-11-26(16(27)9-22-6-12(7-22)8-22)18(17(15)21)20(29)25-14(10-23)5-13-3-4-24-19(13)28/h12-15,17-18H,3-9,11H2,1-2H3,(H,24,28)(H,25,29)/t12?,13-,14-,15-,17?,18-,22?/m0/s1. The second-order valence-electron chi connectivity index (χ2n) is 10.8. The van der Waals surface area contributed by atoms with E-state index in [0.717, 1.165) is 5.92 Å². The van der Waals surface area contributed by atoms with E-state index in [1.165, 1.54) is 19.3 Å². The molecule has 2 heterocycles. The van der Waals surface area contributed by atoms with E-state index >= 15 is 0 Å². The second kappa shape index (κ2) is 6.20. The highest BCUT2D eigenvalue weighted by atomic mass is 16.2. The van der Waals surface area contributed by atoms with Crippen LogP contribution in [0.4, 0.5) is 0 Å². The van der Waals surface area contributed by atoms with Gasteiger partial charge in [0, 0.05) is 25.4 Å². The largest absolute Gasteiger partial charge is 0.356 e. The van der Waals surface area contributed by atoms with Gasteiger partial charge < -0.3 is 15.5 Å². The Bertz CT molecular complexity index is 798. The number of carbonyl (C=O) groups is 3. The summed E-state index contributed by atoms with van der Waals surface area (Å²) in [5.41, 5.74) is 0.276. The fraction of sp³-hybridized carbons (Fsp3) is 0.818. The maximum atomic E-state index is 13.2. The lowest BCUT2D eigenvalue weighted by Gasteiger charge is -2.62. The molecule has 7 nitrogen and oxygen atoms in total. The van der Waals surface area contributed by atoms with Crippen LogP contribution in [0.2, 0.25) is 0 Å². The van der Waals surface area contributed by atoms with Crippen molar-refractivity contribution in [3.8, 4) is 6.07 Å². The molecular weight excluding hydrogens is 368 g/mol. The van der Waals surface area contributed by atoms with Gasteiger partial charge in [-0.2, -0.15) is 5.26 Å². The highest BCUT2D eigenvalue weighted by molar-refractivity contribution is 5.90. The molecule has 0 aromatic carbocycles. The molecule has 7 heteroatoms. The number of amides is 3. The average molecular weight is 399 g/mol. The number of fused-ring (bicyclic) bond motifs is 1. The fourth-order valence-corrected chi connectivity index (χ4v) is 6.70. The Morgan fingerprint density at radius 2 is 2.07 bits per heavy atom. The van der Waals surface area contributed by atoms with Crippen LogP contribution in [0.25, 0.3) is 0 Å². The summed E-state index contributed by atoms with van der Waals surface area (Å²) in [6.45, 7) is 5.60. The summed E-state index contributed by atoms with van der Waals surface area (Å²) < 4.78 is 0. The Balaban J connectivity index is 1.26. The lowest BCUT2D eigenvalue weighted by molar-refractivity contribution is -0.157. The third-order valence-electron chi connectivity index (χ3n) is 8.64. The molecule has 0 aromatic rings. The monoisotopic (exact) mass is 398 g/mol. The van der Waals surface area contributed by atoms with Crippen LogP contribution >= 0.6 is 0 Å². The predicted octanol–water partition coefficient (Wildman–Crippen LogP) is 1.19. The molecule has 156 valence electrons. The first kappa shape index (κ1) is 18.9. The van der Waals surface area contributed by atoms with Crippen molar-refractivity contribution in [2.45, 2.75) is 64.5 Å². The third kappa shape index (κ3) is 2.86. The molecule has 6 fully saturated rings. The Hall–Kier alpha value is -2.10. The molecule has 29 heavy (non-hydrogen) atoms. The lowest BCUT2D eigenvalue weighted by Crippen LogP contribution is -2.57. The van der Waals surface area contributed by atoms with Gasteiger partial charge in [-0.15, -0.1) is 0 Å². The minimum Gasteiger partial charge on any atom is -0.356 e. The molecule has 2 saturated heterocycles. The average Bonchev–Trinajstić information content (AvgIpc) is 3.00. The SMILES string of the molecule is CC1(C)C2[C@@H](C(=O)N[C@H](C#N)C[C@@H]3CCNC3=O)N(C(=O)CC34CC(C3)C4)C[C@@H]21. The Labute approximate surface area is 171 Å². The van der Waals surface area contributed by atoms with Gasteiger partial charge in [0.05, 0.1) is 6.07 Å². The summed E-state index contributed by atoms with van der Waals surface area (Å²) in [5.74, 6) is 0.964. The van der Waals surface area contributed by atoms with Crippen LogP contribution in [0.1, 0.15) is 52.4 Å². The van der Waals surface area contributed by atoms with Gasteiger partial charge in [-0.3, -0.25) is 14.4 Å². The zero-order chi connectivity index (χ0) is 20.6. The Kier molecular flexibility index (Phi) is 4.04. The predicted molar refractivity (Wildman–Crippen MR) is 104 cm³/mol. The summed E-state index contributed by atoms with van der Waals surface area (Å²) in [6, 6.07) is 0.959. The van der Waals surface area contributed by atoms with Gasteiger partial charge in [0.15, 0.2) is 0 Å². The molecule has 2 bridgehead atoms. The molecule has 4 aliphatic carbocycles. The molecule has 0 aromatic heterocycles. The number of nitrogens with zero attached hydrogens (tertiary/aromatic N) is 2. The minimum absolute atomic E-state index is 0.0425. The van der Waals surface area contributed by atoms with Crippen molar-refractivity contribution >= 4 is 17.7 Å². The molecule has 0 radical (unpaired) electrons. The van der Waals surface area contributed by atoms with Crippen LogP contribution < -0.4 is 10.6 Å². The summed E-state index contributed by atoms with van der Waals surface area (Å²) in [7, 11) is 0. The van der Waals surface area contributed by atoms with E-state index in [2.05, 4.69) is 30.6 Å². The number of hydrogen-bond acceptors (Lipinski definition) is 4. The number of carbonyl (C=O) groups excluding carboxylic acids is 3. The number of nitriles is 1. The molecule has 6 aliphatic rings. The van der Waals surface area contributed by atoms with E-state index in [9.17, 15) is 19.6 Å². The van der Waals surface area contributed by atoms with Crippen LogP contribution in [-0.2, 0) is 14.4 Å². The normalized spacial score (nSPS) is 41.3. The van der Waals surface area contributed by atoms with Crippen molar-refractivity contribution < 1.29 is 14.4 Å². The summed E-state index contributed by atoms with van der Waals surface area (Å²) in [4.78, 5) is 39.9. The third-order valence-corrected chi connectivity index (χ3v) is 8.64. The molecule has 2 N–H and O–H groups in total. The van der Waals surface area contributed by atoms with E-state index in [-0.39, 0.29) is 40.4 Å². The summed E-state index contributed by atoms with van der Waals surface area (Å²) in [6.07, 6.45) is 5.10. The Morgan fingerprint density at radius 3 is 2.62 bits per heavy atom. The maximum absolute atomic E-state index is 13.2. The lowest BCUT2D eigenvalue weighted by atomic mass is 9.43. The smallest absolute Gasteiger partial charge is 0.244 e. The van der Waals surface area contributed by atoms with Gasteiger partial charge in [0.25, 0.3) is 0 Å². The quantitative estimate of drug-likeness (QED) is 0.702. The van der Waals surface area contributed by atoms with Crippen molar-refractivity contribution in [2.24, 2.45) is 34.5 Å². The molecule has 1 unspecified atom stereocenters. The Morgan fingerprint density at radius 1 is 1.34 bits per heavy atom. The minimum atomic E-state index is -0.702. The highest BCUT2D eigenvalue weighted by Gasteiger charge is 2.70. The number of piperidine rings is 1.